The molecule has 1 aromatic heterocycles. The van der Waals surface area contributed by atoms with Gasteiger partial charge in [-0.3, -0.25) is 14.6 Å². The Morgan fingerprint density at radius 3 is 2.40 bits per heavy atom. The van der Waals surface area contributed by atoms with Gasteiger partial charge in [-0.15, -0.1) is 0 Å². The number of carbonyl (C=O) groups excluding carboxylic acids is 1. The van der Waals surface area contributed by atoms with Crippen LogP contribution in [0.3, 0.4) is 0 Å². The molecule has 2 atom stereocenters. The third-order valence-electron chi connectivity index (χ3n) is 4.50. The number of nitrogens with zero attached hydrogens (tertiary/aromatic N) is 2. The molecule has 1 aliphatic heterocycles. The highest BCUT2D eigenvalue weighted by Crippen LogP contribution is 2.35. The van der Waals surface area contributed by atoms with Crippen molar-refractivity contribution in [3.8, 4) is 0 Å². The van der Waals surface area contributed by atoms with Crippen LogP contribution in [-0.2, 0) is 9.59 Å². The molecular weight excluding hydrogens is 256 g/mol. The van der Waals surface area contributed by atoms with Gasteiger partial charge in [-0.05, 0) is 37.0 Å². The maximum absolute atomic E-state index is 12.3. The predicted octanol–water partition coefficient (Wildman–Crippen LogP) is 1.51. The molecule has 0 aromatic carbocycles. The van der Waals surface area contributed by atoms with E-state index in [1.165, 1.54) is 5.56 Å². The zero-order valence-corrected chi connectivity index (χ0v) is 11.2. The van der Waals surface area contributed by atoms with Crippen LogP contribution in [0.1, 0.15) is 30.7 Å². The number of likely N-dealkylation sites (tertiary alicyclic amines) is 1. The number of amides is 1. The normalized spacial score (nSPS) is 26.3. The van der Waals surface area contributed by atoms with Gasteiger partial charge in [-0.2, -0.15) is 0 Å². The van der Waals surface area contributed by atoms with Crippen molar-refractivity contribution in [1.29, 1.82) is 0 Å². The Morgan fingerprint density at radius 2 is 1.80 bits per heavy atom. The molecule has 0 radical (unpaired) electrons. The van der Waals surface area contributed by atoms with Crippen LogP contribution in [-0.4, -0.2) is 40.0 Å². The van der Waals surface area contributed by atoms with Gasteiger partial charge in [0.1, 0.15) is 0 Å². The lowest BCUT2D eigenvalue weighted by atomic mass is 9.90. The Kier molecular flexibility index (Phi) is 3.42. The number of hydrogen-bond acceptors (Lipinski definition) is 3. The van der Waals surface area contributed by atoms with Gasteiger partial charge in [0.25, 0.3) is 0 Å². The van der Waals surface area contributed by atoms with Crippen molar-refractivity contribution in [2.45, 2.75) is 25.2 Å². The molecular formula is C15H18N2O3. The van der Waals surface area contributed by atoms with Crippen molar-refractivity contribution < 1.29 is 14.7 Å². The van der Waals surface area contributed by atoms with Crippen molar-refractivity contribution in [3.63, 3.8) is 0 Å². The van der Waals surface area contributed by atoms with Crippen LogP contribution in [0.2, 0.25) is 0 Å². The molecule has 1 saturated carbocycles. The Morgan fingerprint density at radius 1 is 1.15 bits per heavy atom. The second-order valence-corrected chi connectivity index (χ2v) is 5.77. The smallest absolute Gasteiger partial charge is 0.306 e. The highest BCUT2D eigenvalue weighted by atomic mass is 16.4. The highest BCUT2D eigenvalue weighted by molar-refractivity contribution is 5.81. The molecule has 0 bridgehead atoms. The zero-order chi connectivity index (χ0) is 14.1. The molecule has 2 fully saturated rings. The van der Waals surface area contributed by atoms with E-state index in [0.29, 0.717) is 25.2 Å². The molecule has 0 spiro atoms. The summed E-state index contributed by atoms with van der Waals surface area (Å²) < 4.78 is 0. The second-order valence-electron chi connectivity index (χ2n) is 5.77. The first kappa shape index (κ1) is 13.1. The number of carboxylic acids is 1. The van der Waals surface area contributed by atoms with Gasteiger partial charge in [-0.25, -0.2) is 0 Å². The monoisotopic (exact) mass is 274 g/mol. The van der Waals surface area contributed by atoms with Gasteiger partial charge in [0.15, 0.2) is 0 Å². The first-order valence-corrected chi connectivity index (χ1v) is 7.06. The third-order valence-corrected chi connectivity index (χ3v) is 4.50. The van der Waals surface area contributed by atoms with Gasteiger partial charge in [0.2, 0.25) is 5.91 Å². The Labute approximate surface area is 117 Å². The number of aromatic nitrogens is 1. The first-order valence-electron chi connectivity index (χ1n) is 7.06. The molecule has 2 aliphatic rings. The van der Waals surface area contributed by atoms with Crippen molar-refractivity contribution in [3.05, 3.63) is 30.1 Å². The SMILES string of the molecule is O=C(O)[C@@H]1CC[C@H](C(=O)N2CC(c3ccncc3)C2)C1. The molecule has 1 aromatic rings. The van der Waals surface area contributed by atoms with Crippen molar-refractivity contribution in [2.75, 3.05) is 13.1 Å². The Balaban J connectivity index is 1.53. The lowest BCUT2D eigenvalue weighted by Gasteiger charge is -2.41. The van der Waals surface area contributed by atoms with Gasteiger partial charge in [0.05, 0.1) is 5.92 Å². The zero-order valence-electron chi connectivity index (χ0n) is 11.2. The number of rotatable bonds is 3. The summed E-state index contributed by atoms with van der Waals surface area (Å²) >= 11 is 0. The van der Waals surface area contributed by atoms with E-state index < -0.39 is 5.97 Å². The van der Waals surface area contributed by atoms with E-state index in [0.717, 1.165) is 13.1 Å². The summed E-state index contributed by atoms with van der Waals surface area (Å²) in [7, 11) is 0. The van der Waals surface area contributed by atoms with Gasteiger partial charge < -0.3 is 10.0 Å². The minimum absolute atomic E-state index is 0.0884. The fourth-order valence-electron chi connectivity index (χ4n) is 3.19. The van der Waals surface area contributed by atoms with Crippen LogP contribution in [0.25, 0.3) is 0 Å². The molecule has 106 valence electrons. The molecule has 0 unspecified atom stereocenters. The molecule has 2 heterocycles. The number of carboxylic acid groups (broad SMARTS) is 1. The summed E-state index contributed by atoms with van der Waals surface area (Å²) in [5, 5.41) is 8.98. The average molecular weight is 274 g/mol. The van der Waals surface area contributed by atoms with Crippen molar-refractivity contribution in [2.24, 2.45) is 11.8 Å². The van der Waals surface area contributed by atoms with E-state index in [-0.39, 0.29) is 17.7 Å². The Bertz CT molecular complexity index is 511. The van der Waals surface area contributed by atoms with E-state index in [1.54, 1.807) is 12.4 Å². The molecule has 5 nitrogen and oxygen atoms in total. The maximum Gasteiger partial charge on any atom is 0.306 e. The number of pyridine rings is 1. The summed E-state index contributed by atoms with van der Waals surface area (Å²) in [6, 6.07) is 3.98. The topological polar surface area (TPSA) is 70.5 Å². The van der Waals surface area contributed by atoms with E-state index in [2.05, 4.69) is 4.98 Å². The molecule has 1 saturated heterocycles. The second kappa shape index (κ2) is 5.23. The minimum Gasteiger partial charge on any atom is -0.481 e. The predicted molar refractivity (Wildman–Crippen MR) is 72.0 cm³/mol. The number of carbonyl (C=O) groups is 2. The summed E-state index contributed by atoms with van der Waals surface area (Å²) in [4.78, 5) is 29.1. The summed E-state index contributed by atoms with van der Waals surface area (Å²) in [6.45, 7) is 1.49. The number of hydrogen-bond donors (Lipinski definition) is 1. The van der Waals surface area contributed by atoms with Crippen LogP contribution in [0.5, 0.6) is 0 Å². The van der Waals surface area contributed by atoms with Crippen LogP contribution in [0.4, 0.5) is 0 Å². The van der Waals surface area contributed by atoms with E-state index >= 15 is 0 Å². The molecule has 20 heavy (non-hydrogen) atoms. The van der Waals surface area contributed by atoms with Crippen LogP contribution < -0.4 is 0 Å². The minimum atomic E-state index is -0.765. The maximum atomic E-state index is 12.3. The van der Waals surface area contributed by atoms with Crippen molar-refractivity contribution >= 4 is 11.9 Å². The highest BCUT2D eigenvalue weighted by Gasteiger charge is 2.39. The quantitative estimate of drug-likeness (QED) is 0.907. The fraction of sp³-hybridized carbons (Fsp3) is 0.533. The molecule has 3 rings (SSSR count). The van der Waals surface area contributed by atoms with Crippen molar-refractivity contribution in [1.82, 2.24) is 9.88 Å². The van der Waals surface area contributed by atoms with Crippen LogP contribution in [0.15, 0.2) is 24.5 Å². The third kappa shape index (κ3) is 2.40. The fourth-order valence-corrected chi connectivity index (χ4v) is 3.19. The van der Waals surface area contributed by atoms with E-state index in [9.17, 15) is 9.59 Å². The summed E-state index contributed by atoms with van der Waals surface area (Å²) in [6.07, 6.45) is 5.40. The molecule has 1 aliphatic carbocycles. The van der Waals surface area contributed by atoms with Crippen LogP contribution in [0, 0.1) is 11.8 Å². The summed E-state index contributed by atoms with van der Waals surface area (Å²) in [5.74, 6) is -0.646. The van der Waals surface area contributed by atoms with Gasteiger partial charge in [-0.1, -0.05) is 0 Å². The number of aliphatic carboxylic acids is 1. The molecule has 1 N–H and O–H groups in total. The van der Waals surface area contributed by atoms with E-state index in [1.807, 2.05) is 17.0 Å². The van der Waals surface area contributed by atoms with Crippen LogP contribution >= 0.6 is 0 Å². The average Bonchev–Trinajstić information content (AvgIpc) is 2.88. The molecule has 1 amide bonds. The largest absolute Gasteiger partial charge is 0.481 e. The Hall–Kier alpha value is -1.91. The summed E-state index contributed by atoms with van der Waals surface area (Å²) in [5.41, 5.74) is 1.22. The van der Waals surface area contributed by atoms with E-state index in [4.69, 9.17) is 5.11 Å². The lowest BCUT2D eigenvalue weighted by Crippen LogP contribution is -2.50. The standard InChI is InChI=1S/C15H18N2O3/c18-14(11-1-2-12(7-11)15(19)20)17-8-13(9-17)10-3-5-16-6-4-10/h3-6,11-13H,1-2,7-9H2,(H,19,20)/t11-,12+/m0/s1. The van der Waals surface area contributed by atoms with Gasteiger partial charge in [0, 0.05) is 37.3 Å². The first-order chi connectivity index (χ1) is 9.65. The molecule has 5 heteroatoms. The lowest BCUT2D eigenvalue weighted by molar-refractivity contribution is -0.142. The van der Waals surface area contributed by atoms with Gasteiger partial charge >= 0.3 is 5.97 Å².